The zero-order chi connectivity index (χ0) is 27.3. The van der Waals surface area contributed by atoms with Crippen LogP contribution in [-0.4, -0.2) is 24.6 Å². The number of anilines is 3. The van der Waals surface area contributed by atoms with Gasteiger partial charge in [-0.15, -0.1) is 0 Å². The van der Waals surface area contributed by atoms with Gasteiger partial charge in [0, 0.05) is 28.3 Å². The van der Waals surface area contributed by atoms with E-state index >= 15 is 0 Å². The second kappa shape index (κ2) is 12.2. The van der Waals surface area contributed by atoms with Gasteiger partial charge in [-0.3, -0.25) is 4.79 Å². The van der Waals surface area contributed by atoms with Gasteiger partial charge in [0.1, 0.15) is 11.6 Å². The summed E-state index contributed by atoms with van der Waals surface area (Å²) in [4.78, 5) is 12.8. The summed E-state index contributed by atoms with van der Waals surface area (Å²) in [6, 6.07) is 14.7. The third-order valence-electron chi connectivity index (χ3n) is 6.88. The van der Waals surface area contributed by atoms with Crippen LogP contribution in [0.25, 0.3) is 10.8 Å². The van der Waals surface area contributed by atoms with Gasteiger partial charge in [0.05, 0.1) is 17.8 Å². The maximum atomic E-state index is 13.6. The first-order valence-electron chi connectivity index (χ1n) is 13.2. The van der Waals surface area contributed by atoms with E-state index in [1.54, 1.807) is 25.3 Å². The molecule has 0 heterocycles. The maximum absolute atomic E-state index is 13.6. The summed E-state index contributed by atoms with van der Waals surface area (Å²) in [6.07, 6.45) is 9.21. The topological polar surface area (TPSA) is 62.4 Å². The molecule has 38 heavy (non-hydrogen) atoms. The van der Waals surface area contributed by atoms with Crippen LogP contribution in [0.2, 0.25) is 5.02 Å². The molecule has 202 valence electrons. The van der Waals surface area contributed by atoms with Crippen LogP contribution in [-0.2, 0) is 4.79 Å². The Hall–Kier alpha value is -3.09. The van der Waals surface area contributed by atoms with Crippen LogP contribution in [0.3, 0.4) is 0 Å². The van der Waals surface area contributed by atoms with Crippen LogP contribution in [0.15, 0.2) is 60.7 Å². The van der Waals surface area contributed by atoms with Crippen molar-refractivity contribution in [2.45, 2.75) is 64.5 Å². The number of fused-ring (bicyclic) bond motifs is 1. The molecular formula is C31H37ClFN3O2. The maximum Gasteiger partial charge on any atom is 0.248 e. The van der Waals surface area contributed by atoms with E-state index in [0.717, 1.165) is 22.9 Å². The van der Waals surface area contributed by atoms with E-state index in [4.69, 9.17) is 16.3 Å². The van der Waals surface area contributed by atoms with Crippen LogP contribution in [0.4, 0.5) is 21.5 Å². The highest BCUT2D eigenvalue weighted by molar-refractivity contribution is 6.31. The molecular weight excluding hydrogens is 501 g/mol. The predicted octanol–water partition coefficient (Wildman–Crippen LogP) is 8.22. The van der Waals surface area contributed by atoms with Crippen molar-refractivity contribution in [3.8, 4) is 5.75 Å². The summed E-state index contributed by atoms with van der Waals surface area (Å²) in [7, 11) is 1.58. The number of halogens is 2. The summed E-state index contributed by atoms with van der Waals surface area (Å²) in [5, 5.41) is 11.8. The summed E-state index contributed by atoms with van der Waals surface area (Å²) in [5.74, 6) is 0.524. The molecule has 0 aliphatic heterocycles. The van der Waals surface area contributed by atoms with Crippen LogP contribution in [0.1, 0.15) is 52.9 Å². The number of hydrogen-bond donors (Lipinski definition) is 3. The molecule has 4 rings (SSSR count). The molecule has 3 aromatic rings. The monoisotopic (exact) mass is 537 g/mol. The zero-order valence-electron chi connectivity index (χ0n) is 22.5. The molecule has 0 saturated heterocycles. The highest BCUT2D eigenvalue weighted by atomic mass is 35.5. The van der Waals surface area contributed by atoms with Crippen LogP contribution in [0, 0.1) is 11.7 Å². The molecule has 0 bridgehead atoms. The van der Waals surface area contributed by atoms with E-state index in [0.29, 0.717) is 29.1 Å². The molecule has 0 radical (unpaired) electrons. The van der Waals surface area contributed by atoms with Gasteiger partial charge < -0.3 is 20.7 Å². The number of amides is 1. The Labute approximate surface area is 229 Å². The van der Waals surface area contributed by atoms with E-state index in [2.05, 4.69) is 36.7 Å². The number of methoxy groups -OCH3 is 1. The summed E-state index contributed by atoms with van der Waals surface area (Å²) < 4.78 is 19.2. The lowest BCUT2D eigenvalue weighted by molar-refractivity contribution is -0.111. The Morgan fingerprint density at radius 2 is 1.84 bits per heavy atom. The molecule has 0 spiro atoms. The molecule has 1 saturated carbocycles. The third-order valence-corrected chi connectivity index (χ3v) is 7.17. The van der Waals surface area contributed by atoms with Gasteiger partial charge in [-0.1, -0.05) is 29.8 Å². The predicted molar refractivity (Wildman–Crippen MR) is 156 cm³/mol. The van der Waals surface area contributed by atoms with Gasteiger partial charge >= 0.3 is 0 Å². The lowest BCUT2D eigenvalue weighted by Crippen LogP contribution is -2.45. The molecule has 1 fully saturated rings. The molecule has 0 aromatic heterocycles. The first-order chi connectivity index (χ1) is 18.1. The Morgan fingerprint density at radius 3 is 2.53 bits per heavy atom. The average molecular weight is 538 g/mol. The Bertz CT molecular complexity index is 1310. The molecule has 0 unspecified atom stereocenters. The smallest absolute Gasteiger partial charge is 0.248 e. The fraction of sp³-hybridized carbons (Fsp3) is 0.387. The minimum Gasteiger partial charge on any atom is -0.495 e. The second-order valence-corrected chi connectivity index (χ2v) is 11.5. The Kier molecular flexibility index (Phi) is 8.95. The van der Waals surface area contributed by atoms with Crippen molar-refractivity contribution in [2.24, 2.45) is 5.92 Å². The SMILES string of the molecule is COc1cc2cccc(Nc3ccc(F)c(Cl)c3)c2cc1NC(=O)/C=C/CC1CCC(NC(C)(C)C)CC1. The lowest BCUT2D eigenvalue weighted by Gasteiger charge is -2.34. The molecule has 1 aliphatic carbocycles. The largest absolute Gasteiger partial charge is 0.495 e. The molecule has 5 nitrogen and oxygen atoms in total. The van der Waals surface area contributed by atoms with Gasteiger partial charge in [0.25, 0.3) is 0 Å². The Morgan fingerprint density at radius 1 is 1.08 bits per heavy atom. The van der Waals surface area contributed by atoms with E-state index in [-0.39, 0.29) is 16.5 Å². The number of benzene rings is 3. The van der Waals surface area contributed by atoms with Crippen molar-refractivity contribution in [3.05, 3.63) is 71.5 Å². The van der Waals surface area contributed by atoms with E-state index < -0.39 is 5.82 Å². The van der Waals surface area contributed by atoms with Gasteiger partial charge in [0.2, 0.25) is 5.91 Å². The van der Waals surface area contributed by atoms with Gasteiger partial charge in [-0.2, -0.15) is 0 Å². The Balaban J connectivity index is 1.42. The summed E-state index contributed by atoms with van der Waals surface area (Å²) >= 11 is 5.95. The summed E-state index contributed by atoms with van der Waals surface area (Å²) in [6.45, 7) is 6.64. The fourth-order valence-electron chi connectivity index (χ4n) is 5.11. The average Bonchev–Trinajstić information content (AvgIpc) is 2.86. The second-order valence-electron chi connectivity index (χ2n) is 11.1. The highest BCUT2D eigenvalue weighted by Gasteiger charge is 2.23. The molecule has 1 aliphatic rings. The van der Waals surface area contributed by atoms with Gasteiger partial charge in [0.15, 0.2) is 0 Å². The number of ether oxygens (including phenoxy) is 1. The van der Waals surface area contributed by atoms with E-state index in [1.807, 2.05) is 36.4 Å². The number of allylic oxidation sites excluding steroid dienone is 1. The molecule has 3 N–H and O–H groups in total. The fourth-order valence-corrected chi connectivity index (χ4v) is 5.29. The first kappa shape index (κ1) is 27.9. The van der Waals surface area contributed by atoms with Crippen molar-refractivity contribution in [1.82, 2.24) is 5.32 Å². The van der Waals surface area contributed by atoms with Crippen molar-refractivity contribution < 1.29 is 13.9 Å². The lowest BCUT2D eigenvalue weighted by atomic mass is 9.83. The van der Waals surface area contributed by atoms with Crippen LogP contribution in [0.5, 0.6) is 5.75 Å². The van der Waals surface area contributed by atoms with Crippen LogP contribution < -0.4 is 20.7 Å². The zero-order valence-corrected chi connectivity index (χ0v) is 23.3. The third kappa shape index (κ3) is 7.49. The van der Waals surface area contributed by atoms with Gasteiger partial charge in [-0.25, -0.2) is 4.39 Å². The van der Waals surface area contributed by atoms with Gasteiger partial charge in [-0.05, 0) is 107 Å². The summed E-state index contributed by atoms with van der Waals surface area (Å²) in [5.41, 5.74) is 2.19. The standard InChI is InChI=1S/C31H37ClFN3O2/c1-31(2,3)36-22-13-11-20(12-14-22)7-5-10-30(37)35-28-19-24-21(17-29(28)38-4)8-6-9-27(24)34-23-15-16-26(33)25(32)18-23/h5-6,8-10,15-20,22,34,36H,7,11-14H2,1-4H3,(H,35,37)/b10-5+. The first-order valence-corrected chi connectivity index (χ1v) is 13.6. The minimum atomic E-state index is -0.469. The highest BCUT2D eigenvalue weighted by Crippen LogP contribution is 2.36. The number of rotatable bonds is 8. The van der Waals surface area contributed by atoms with E-state index in [1.165, 1.54) is 31.7 Å². The van der Waals surface area contributed by atoms with E-state index in [9.17, 15) is 9.18 Å². The number of nitrogens with one attached hydrogen (secondary N) is 3. The van der Waals surface area contributed by atoms with Crippen molar-refractivity contribution in [1.29, 1.82) is 0 Å². The number of carbonyl (C=O) groups is 1. The molecule has 1 amide bonds. The number of carbonyl (C=O) groups excluding carboxylic acids is 1. The molecule has 3 aromatic carbocycles. The van der Waals surface area contributed by atoms with Crippen molar-refractivity contribution in [3.63, 3.8) is 0 Å². The normalized spacial score (nSPS) is 18.1. The number of hydrogen-bond acceptors (Lipinski definition) is 4. The molecule has 0 atom stereocenters. The minimum absolute atomic E-state index is 0.0475. The van der Waals surface area contributed by atoms with Crippen LogP contribution >= 0.6 is 11.6 Å². The van der Waals surface area contributed by atoms with Crippen molar-refractivity contribution in [2.75, 3.05) is 17.7 Å². The quantitative estimate of drug-likeness (QED) is 0.253. The van der Waals surface area contributed by atoms with Crippen molar-refractivity contribution >= 4 is 45.3 Å². The molecule has 7 heteroatoms.